The van der Waals surface area contributed by atoms with Crippen molar-refractivity contribution in [1.29, 1.82) is 0 Å². The Bertz CT molecular complexity index is 603. The molecule has 21 heavy (non-hydrogen) atoms. The summed E-state index contributed by atoms with van der Waals surface area (Å²) in [4.78, 5) is 22.8. The number of hydrogen-bond acceptors (Lipinski definition) is 4. The maximum Gasteiger partial charge on any atom is 0.332 e. The van der Waals surface area contributed by atoms with Gasteiger partial charge in [0.15, 0.2) is 6.10 Å². The van der Waals surface area contributed by atoms with Crippen molar-refractivity contribution in [3.05, 3.63) is 40.9 Å². The lowest BCUT2D eigenvalue weighted by Gasteiger charge is -2.31. The quantitative estimate of drug-likeness (QED) is 0.887. The summed E-state index contributed by atoms with van der Waals surface area (Å²) in [5.74, 6) is -1.37. The van der Waals surface area contributed by atoms with Crippen molar-refractivity contribution in [2.24, 2.45) is 0 Å². The molecule has 2 rings (SSSR count). The van der Waals surface area contributed by atoms with Gasteiger partial charge in [0.05, 0.1) is 5.69 Å². The lowest BCUT2D eigenvalue weighted by atomic mass is 10.2. The predicted octanol–water partition coefficient (Wildman–Crippen LogP) is 1.87. The first-order chi connectivity index (χ1) is 9.88. The highest BCUT2D eigenvalue weighted by molar-refractivity contribution is 6.31. The minimum absolute atomic E-state index is 0.289. The second-order valence-corrected chi connectivity index (χ2v) is 5.07. The third-order valence-corrected chi connectivity index (χ3v) is 3.24. The van der Waals surface area contributed by atoms with Crippen LogP contribution in [0.1, 0.15) is 12.5 Å². The zero-order chi connectivity index (χ0) is 15.6. The average Bonchev–Trinajstić information content (AvgIpc) is 2.43. The van der Waals surface area contributed by atoms with Gasteiger partial charge in [-0.15, -0.1) is 0 Å². The minimum atomic E-state index is -1.08. The summed E-state index contributed by atoms with van der Waals surface area (Å²) in [5, 5.41) is 10.6. The van der Waals surface area contributed by atoms with E-state index in [0.29, 0.717) is 10.7 Å². The Hall–Kier alpha value is -1.89. The Morgan fingerprint density at radius 3 is 2.90 bits per heavy atom. The van der Waals surface area contributed by atoms with Crippen LogP contribution in [0.2, 0.25) is 5.02 Å². The first kappa shape index (κ1) is 15.5. The number of nitrogens with zero attached hydrogens (tertiary/aromatic N) is 1. The number of rotatable bonds is 4. The van der Waals surface area contributed by atoms with E-state index >= 15 is 0 Å². The first-order valence-electron chi connectivity index (χ1n) is 6.31. The lowest BCUT2D eigenvalue weighted by molar-refractivity contribution is -0.152. The first-order valence-corrected chi connectivity index (χ1v) is 6.69. The number of hydrogen-bond donors (Lipinski definition) is 2. The summed E-state index contributed by atoms with van der Waals surface area (Å²) < 4.78 is 5.30. The molecule has 2 N–H and O–H groups in total. The Morgan fingerprint density at radius 1 is 1.52 bits per heavy atom. The molecule has 0 spiro atoms. The van der Waals surface area contributed by atoms with Crippen LogP contribution in [0.15, 0.2) is 30.4 Å². The molecule has 7 heteroatoms. The molecular formula is C14H15ClN2O4. The van der Waals surface area contributed by atoms with E-state index in [1.165, 1.54) is 24.1 Å². The summed E-state index contributed by atoms with van der Waals surface area (Å²) in [5.41, 5.74) is 4.27. The highest BCUT2D eigenvalue weighted by Crippen LogP contribution is 2.25. The number of aryl methyl sites for hydroxylation is 1. The number of amides is 1. The van der Waals surface area contributed by atoms with Crippen LogP contribution in [0.25, 0.3) is 0 Å². The van der Waals surface area contributed by atoms with Crippen LogP contribution in [0.4, 0.5) is 5.69 Å². The molecule has 112 valence electrons. The number of carbonyl (C=O) groups excluding carboxylic acids is 1. The van der Waals surface area contributed by atoms with Crippen molar-refractivity contribution in [1.82, 2.24) is 5.43 Å². The smallest absolute Gasteiger partial charge is 0.332 e. The van der Waals surface area contributed by atoms with Crippen LogP contribution in [0, 0.1) is 6.92 Å². The topological polar surface area (TPSA) is 78.9 Å². The number of nitrogens with one attached hydrogen (secondary N) is 1. The molecule has 0 aromatic heterocycles. The molecule has 1 aromatic carbocycles. The second-order valence-electron chi connectivity index (χ2n) is 4.63. The van der Waals surface area contributed by atoms with Crippen LogP contribution in [0.5, 0.6) is 0 Å². The fraction of sp³-hybridized carbons (Fsp3) is 0.286. The number of carboxylic acid groups (broad SMARTS) is 1. The number of carbonyl (C=O) groups is 2. The van der Waals surface area contributed by atoms with Crippen LogP contribution in [0.3, 0.4) is 0 Å². The third-order valence-electron chi connectivity index (χ3n) is 3.00. The van der Waals surface area contributed by atoms with Gasteiger partial charge in [-0.25, -0.2) is 9.80 Å². The molecule has 2 atom stereocenters. The maximum atomic E-state index is 12.0. The van der Waals surface area contributed by atoms with E-state index in [9.17, 15) is 9.59 Å². The lowest BCUT2D eigenvalue weighted by Crippen LogP contribution is -2.52. The Kier molecular flexibility index (Phi) is 4.62. The summed E-state index contributed by atoms with van der Waals surface area (Å²) in [6.07, 6.45) is 1.09. The molecule has 1 aliphatic rings. The van der Waals surface area contributed by atoms with E-state index in [2.05, 4.69) is 5.43 Å². The molecule has 0 saturated heterocycles. The Morgan fingerprint density at radius 2 is 2.24 bits per heavy atom. The SMILES string of the molecule is Cc1ccc(Cl)cc1N1N[C@H](O[C@@H](C)C(=O)O)C=CC1=O. The molecule has 1 amide bonds. The summed E-state index contributed by atoms with van der Waals surface area (Å²) in [7, 11) is 0. The monoisotopic (exact) mass is 310 g/mol. The highest BCUT2D eigenvalue weighted by atomic mass is 35.5. The van der Waals surface area contributed by atoms with E-state index < -0.39 is 18.3 Å². The predicted molar refractivity (Wildman–Crippen MR) is 77.9 cm³/mol. The van der Waals surface area contributed by atoms with Crippen LogP contribution >= 0.6 is 11.6 Å². The molecule has 1 aromatic rings. The summed E-state index contributed by atoms with van der Waals surface area (Å²) in [6.45, 7) is 3.26. The van der Waals surface area contributed by atoms with Gasteiger partial charge in [0, 0.05) is 11.1 Å². The average molecular weight is 311 g/mol. The Labute approximate surface area is 126 Å². The van der Waals surface area contributed by atoms with Gasteiger partial charge in [-0.2, -0.15) is 5.43 Å². The number of carboxylic acids is 1. The van der Waals surface area contributed by atoms with Crippen LogP contribution in [-0.4, -0.2) is 29.3 Å². The summed E-state index contributed by atoms with van der Waals surface area (Å²) >= 11 is 5.95. The normalized spacial score (nSPS) is 19.7. The standard InChI is InChI=1S/C14H15ClN2O4/c1-8-3-4-10(15)7-11(8)17-13(18)6-5-12(16-17)21-9(2)14(19)20/h3-7,9,12,16H,1-2H3,(H,19,20)/t9-,12+/m0/s1. The molecular weight excluding hydrogens is 296 g/mol. The number of benzene rings is 1. The van der Waals surface area contributed by atoms with Gasteiger partial charge in [-0.05, 0) is 37.6 Å². The molecule has 0 aliphatic carbocycles. The maximum absolute atomic E-state index is 12.0. The third kappa shape index (κ3) is 3.60. The summed E-state index contributed by atoms with van der Waals surface area (Å²) in [6, 6.07) is 5.17. The molecule has 0 fully saturated rings. The molecule has 0 saturated carbocycles. The number of halogens is 1. The van der Waals surface area contributed by atoms with E-state index in [4.69, 9.17) is 21.4 Å². The molecule has 1 aliphatic heterocycles. The largest absolute Gasteiger partial charge is 0.479 e. The van der Waals surface area contributed by atoms with Crippen molar-refractivity contribution >= 4 is 29.2 Å². The van der Waals surface area contributed by atoms with Gasteiger partial charge in [-0.1, -0.05) is 17.7 Å². The van der Waals surface area contributed by atoms with E-state index in [-0.39, 0.29) is 5.91 Å². The van der Waals surface area contributed by atoms with E-state index in [1.54, 1.807) is 18.2 Å². The van der Waals surface area contributed by atoms with Gasteiger partial charge in [0.2, 0.25) is 0 Å². The van der Waals surface area contributed by atoms with Gasteiger partial charge in [-0.3, -0.25) is 4.79 Å². The molecule has 0 bridgehead atoms. The fourth-order valence-electron chi connectivity index (χ4n) is 1.84. The molecule has 0 unspecified atom stereocenters. The van der Waals surface area contributed by atoms with Crippen molar-refractivity contribution < 1.29 is 19.4 Å². The number of anilines is 1. The van der Waals surface area contributed by atoms with Gasteiger partial charge >= 0.3 is 5.97 Å². The van der Waals surface area contributed by atoms with Gasteiger partial charge < -0.3 is 9.84 Å². The highest BCUT2D eigenvalue weighted by Gasteiger charge is 2.26. The number of ether oxygens (including phenoxy) is 1. The van der Waals surface area contributed by atoms with Crippen LogP contribution < -0.4 is 10.4 Å². The molecule has 1 heterocycles. The van der Waals surface area contributed by atoms with E-state index in [1.807, 2.05) is 6.92 Å². The molecule has 0 radical (unpaired) electrons. The zero-order valence-corrected chi connectivity index (χ0v) is 12.3. The van der Waals surface area contributed by atoms with Crippen molar-refractivity contribution in [3.8, 4) is 0 Å². The molecule has 6 nitrogen and oxygen atoms in total. The van der Waals surface area contributed by atoms with Gasteiger partial charge in [0.1, 0.15) is 6.23 Å². The van der Waals surface area contributed by atoms with Crippen molar-refractivity contribution in [2.45, 2.75) is 26.2 Å². The van der Waals surface area contributed by atoms with Gasteiger partial charge in [0.25, 0.3) is 5.91 Å². The zero-order valence-electron chi connectivity index (χ0n) is 11.5. The minimum Gasteiger partial charge on any atom is -0.479 e. The number of hydrazine groups is 1. The Balaban J connectivity index is 2.21. The second kappa shape index (κ2) is 6.26. The van der Waals surface area contributed by atoms with Crippen molar-refractivity contribution in [2.75, 3.05) is 5.01 Å². The number of aliphatic carboxylic acids is 1. The van der Waals surface area contributed by atoms with E-state index in [0.717, 1.165) is 5.56 Å². The fourth-order valence-corrected chi connectivity index (χ4v) is 2.01. The van der Waals surface area contributed by atoms with Crippen molar-refractivity contribution in [3.63, 3.8) is 0 Å². The van der Waals surface area contributed by atoms with Crippen LogP contribution in [-0.2, 0) is 14.3 Å².